The molecule has 1 aromatic rings. The van der Waals surface area contributed by atoms with E-state index in [2.05, 4.69) is 5.10 Å². The zero-order valence-electron chi connectivity index (χ0n) is 7.14. The van der Waals surface area contributed by atoms with Gasteiger partial charge in [0, 0.05) is 36.7 Å². The lowest BCUT2D eigenvalue weighted by Crippen LogP contribution is -1.97. The maximum absolute atomic E-state index is 8.81. The zero-order valence-corrected chi connectivity index (χ0v) is 8.72. The van der Waals surface area contributed by atoms with Crippen molar-refractivity contribution in [3.8, 4) is 0 Å². The minimum Gasteiger partial charge on any atom is -0.288 e. The molecule has 0 spiro atoms. The number of hydrogen-bond donors (Lipinski definition) is 1. The van der Waals surface area contributed by atoms with E-state index in [4.69, 9.17) is 17.0 Å². The molecule has 1 N–H and O–H groups in total. The minimum absolute atomic E-state index is 0.563. The fourth-order valence-electron chi connectivity index (χ4n) is 1.21. The van der Waals surface area contributed by atoms with Gasteiger partial charge in [-0.1, -0.05) is 0 Å². The molecule has 0 amide bonds. The van der Waals surface area contributed by atoms with Gasteiger partial charge in [-0.2, -0.15) is 5.10 Å². The molecule has 0 atom stereocenters. The van der Waals surface area contributed by atoms with Crippen molar-refractivity contribution in [1.29, 1.82) is 0 Å². The lowest BCUT2D eigenvalue weighted by atomic mass is 10.3. The summed E-state index contributed by atoms with van der Waals surface area (Å²) in [5.41, 5.74) is 1.10. The SMILES string of the molecule is Cn1nc(C2CC2)cc1SN(O)Cl. The second kappa shape index (κ2) is 3.49. The van der Waals surface area contributed by atoms with Crippen LogP contribution in [-0.4, -0.2) is 19.0 Å². The molecule has 0 aromatic carbocycles. The van der Waals surface area contributed by atoms with Crippen LogP contribution in [0.5, 0.6) is 0 Å². The standard InChI is InChI=1S/C7H10ClN3OS/c1-10-7(13-11(8)12)4-6(9-10)5-2-3-5/h4-5,12H,2-3H2,1H3. The van der Waals surface area contributed by atoms with Crippen molar-refractivity contribution in [2.75, 3.05) is 0 Å². The molecule has 1 aliphatic rings. The van der Waals surface area contributed by atoms with Gasteiger partial charge in [0.25, 0.3) is 0 Å². The van der Waals surface area contributed by atoms with Crippen LogP contribution in [0.15, 0.2) is 11.1 Å². The Bertz CT molecular complexity index is 311. The van der Waals surface area contributed by atoms with E-state index in [0.717, 1.165) is 22.7 Å². The molecule has 1 aromatic heterocycles. The molecule has 13 heavy (non-hydrogen) atoms. The van der Waals surface area contributed by atoms with Crippen LogP contribution in [0.3, 0.4) is 0 Å². The van der Waals surface area contributed by atoms with Crippen molar-refractivity contribution in [2.45, 2.75) is 23.8 Å². The van der Waals surface area contributed by atoms with Crippen LogP contribution in [0.1, 0.15) is 24.5 Å². The van der Waals surface area contributed by atoms with Gasteiger partial charge in [-0.05, 0) is 22.9 Å². The van der Waals surface area contributed by atoms with Crippen LogP contribution in [0, 0.1) is 0 Å². The molecule has 0 unspecified atom stereocenters. The molecule has 0 bridgehead atoms. The van der Waals surface area contributed by atoms with Gasteiger partial charge in [0.2, 0.25) is 0 Å². The maximum atomic E-state index is 8.81. The summed E-state index contributed by atoms with van der Waals surface area (Å²) in [7, 11) is 1.84. The Balaban J connectivity index is 2.15. The van der Waals surface area contributed by atoms with Gasteiger partial charge in [-0.15, -0.1) is 0 Å². The van der Waals surface area contributed by atoms with Crippen LogP contribution in [0.25, 0.3) is 0 Å². The second-order valence-electron chi connectivity index (χ2n) is 3.12. The zero-order chi connectivity index (χ0) is 9.42. The van der Waals surface area contributed by atoms with E-state index in [-0.39, 0.29) is 0 Å². The largest absolute Gasteiger partial charge is 0.288 e. The Hall–Kier alpha value is -0.230. The molecule has 72 valence electrons. The van der Waals surface area contributed by atoms with Gasteiger partial charge in [-0.25, -0.2) is 0 Å². The normalized spacial score (nSPS) is 16.9. The highest BCUT2D eigenvalue weighted by Crippen LogP contribution is 2.40. The Morgan fingerprint density at radius 3 is 3.00 bits per heavy atom. The summed E-state index contributed by atoms with van der Waals surface area (Å²) in [6, 6.07) is 1.97. The van der Waals surface area contributed by atoms with Gasteiger partial charge in [0.05, 0.1) is 5.69 Å². The molecule has 0 aliphatic heterocycles. The molecule has 4 nitrogen and oxygen atoms in total. The van der Waals surface area contributed by atoms with Crippen molar-refractivity contribution in [3.05, 3.63) is 11.8 Å². The van der Waals surface area contributed by atoms with Gasteiger partial charge in [0.15, 0.2) is 0 Å². The first-order chi connectivity index (χ1) is 6.16. The molecular weight excluding hydrogens is 210 g/mol. The van der Waals surface area contributed by atoms with Gasteiger partial charge >= 0.3 is 0 Å². The molecule has 2 rings (SSSR count). The van der Waals surface area contributed by atoms with Crippen molar-refractivity contribution < 1.29 is 5.21 Å². The van der Waals surface area contributed by atoms with E-state index >= 15 is 0 Å². The molecule has 1 saturated carbocycles. The van der Waals surface area contributed by atoms with Crippen LogP contribution < -0.4 is 0 Å². The van der Waals surface area contributed by atoms with Crippen LogP contribution in [-0.2, 0) is 7.05 Å². The van der Waals surface area contributed by atoms with Crippen molar-refractivity contribution in [3.63, 3.8) is 0 Å². The van der Waals surface area contributed by atoms with E-state index in [0.29, 0.717) is 9.91 Å². The quantitative estimate of drug-likeness (QED) is 0.481. The monoisotopic (exact) mass is 219 g/mol. The van der Waals surface area contributed by atoms with E-state index in [9.17, 15) is 0 Å². The number of hydrogen-bond acceptors (Lipinski definition) is 4. The third-order valence-electron chi connectivity index (χ3n) is 2.02. The molecular formula is C7H10ClN3OS. The Labute approximate surface area is 85.7 Å². The minimum atomic E-state index is 0.563. The Morgan fingerprint density at radius 1 is 1.77 bits per heavy atom. The first-order valence-corrected chi connectivity index (χ1v) is 5.14. The molecule has 1 heterocycles. The van der Waals surface area contributed by atoms with Gasteiger partial charge < -0.3 is 0 Å². The first-order valence-electron chi connectivity index (χ1n) is 4.03. The third kappa shape index (κ3) is 2.17. The number of nitrogens with zero attached hydrogens (tertiary/aromatic N) is 3. The summed E-state index contributed by atoms with van der Waals surface area (Å²) >= 11 is 6.35. The number of halogens is 1. The molecule has 0 radical (unpaired) electrons. The molecule has 0 saturated heterocycles. The van der Waals surface area contributed by atoms with E-state index < -0.39 is 0 Å². The molecule has 1 aliphatic carbocycles. The van der Waals surface area contributed by atoms with Crippen molar-refractivity contribution in [2.24, 2.45) is 7.05 Å². The smallest absolute Gasteiger partial charge is 0.113 e. The number of aryl methyl sites for hydroxylation is 1. The average molecular weight is 220 g/mol. The molecule has 6 heteroatoms. The lowest BCUT2D eigenvalue weighted by Gasteiger charge is -2.02. The van der Waals surface area contributed by atoms with Gasteiger partial charge in [-0.3, -0.25) is 9.89 Å². The fourth-order valence-corrected chi connectivity index (χ4v) is 1.91. The third-order valence-corrected chi connectivity index (χ3v) is 2.95. The Morgan fingerprint density at radius 2 is 2.46 bits per heavy atom. The summed E-state index contributed by atoms with van der Waals surface area (Å²) in [4.78, 5) is 0. The fraction of sp³-hybridized carbons (Fsp3) is 0.571. The summed E-state index contributed by atoms with van der Waals surface area (Å²) in [5, 5.41) is 14.0. The summed E-state index contributed by atoms with van der Waals surface area (Å²) < 4.78 is 2.29. The summed E-state index contributed by atoms with van der Waals surface area (Å²) in [6.07, 6.45) is 2.45. The highest BCUT2D eigenvalue weighted by Gasteiger charge is 2.27. The predicted molar refractivity (Wildman–Crippen MR) is 50.5 cm³/mol. The van der Waals surface area contributed by atoms with Gasteiger partial charge in [0.1, 0.15) is 5.03 Å². The summed E-state index contributed by atoms with van der Waals surface area (Å²) in [6.45, 7) is 0. The number of aromatic nitrogens is 2. The summed E-state index contributed by atoms with van der Waals surface area (Å²) in [5.74, 6) is 0.628. The number of rotatable bonds is 3. The second-order valence-corrected chi connectivity index (χ2v) is 4.59. The maximum Gasteiger partial charge on any atom is 0.113 e. The first kappa shape index (κ1) is 9.33. The van der Waals surface area contributed by atoms with Crippen LogP contribution in [0.4, 0.5) is 0 Å². The Kier molecular flexibility index (Phi) is 2.51. The van der Waals surface area contributed by atoms with Crippen molar-refractivity contribution in [1.82, 2.24) is 13.8 Å². The highest BCUT2D eigenvalue weighted by atomic mass is 35.5. The van der Waals surface area contributed by atoms with E-state index in [1.54, 1.807) is 4.68 Å². The topological polar surface area (TPSA) is 41.3 Å². The van der Waals surface area contributed by atoms with E-state index in [1.807, 2.05) is 13.1 Å². The highest BCUT2D eigenvalue weighted by molar-refractivity contribution is 7.97. The van der Waals surface area contributed by atoms with Crippen LogP contribution >= 0.6 is 23.7 Å². The van der Waals surface area contributed by atoms with E-state index in [1.165, 1.54) is 12.8 Å². The van der Waals surface area contributed by atoms with Crippen LogP contribution in [0.2, 0.25) is 0 Å². The molecule has 1 fully saturated rings. The lowest BCUT2D eigenvalue weighted by molar-refractivity contribution is 0.114. The predicted octanol–water partition coefficient (Wildman–Crippen LogP) is 2.15. The van der Waals surface area contributed by atoms with Crippen molar-refractivity contribution >= 4 is 23.7 Å². The average Bonchev–Trinajstić information content (AvgIpc) is 2.79.